The minimum absolute atomic E-state index is 0.406. The number of hydrogen-bond donors (Lipinski definition) is 1. The molecule has 1 aliphatic rings. The molecule has 1 heteroatoms. The summed E-state index contributed by atoms with van der Waals surface area (Å²) in [4.78, 5) is 0. The molecule has 23 heavy (non-hydrogen) atoms. The lowest BCUT2D eigenvalue weighted by molar-refractivity contribution is 0.666. The first kappa shape index (κ1) is 15.8. The van der Waals surface area contributed by atoms with E-state index >= 15 is 0 Å². The maximum Gasteiger partial charge on any atom is 0.0263 e. The third kappa shape index (κ3) is 4.00. The zero-order chi connectivity index (χ0) is 16.1. The van der Waals surface area contributed by atoms with Gasteiger partial charge in [-0.25, -0.2) is 0 Å². The number of nitrogens with one attached hydrogen (secondary N) is 1. The van der Waals surface area contributed by atoms with Crippen LogP contribution >= 0.6 is 0 Å². The first-order valence-electron chi connectivity index (χ1n) is 8.48. The summed E-state index contributed by atoms with van der Waals surface area (Å²) < 4.78 is 0. The molecule has 0 saturated heterocycles. The van der Waals surface area contributed by atoms with Gasteiger partial charge < -0.3 is 5.32 Å². The standard InChI is InChI=1S/C22H25N/c1-17(15-19-9-4-3-5-10-19)16-23-18(2)21-14-8-12-20-11-6-7-13-22(20)21/h3-7,9-13,15,18,23H,8,14,16H2,1-2H3/b17-15+/t18-/m1/s1. The summed E-state index contributed by atoms with van der Waals surface area (Å²) in [6, 6.07) is 19.7. The number of rotatable bonds is 5. The minimum atomic E-state index is 0.406. The van der Waals surface area contributed by atoms with E-state index in [0.717, 1.165) is 19.4 Å². The molecule has 1 nitrogen and oxygen atoms in total. The van der Waals surface area contributed by atoms with Crippen LogP contribution in [0.25, 0.3) is 17.7 Å². The summed E-state index contributed by atoms with van der Waals surface area (Å²) >= 11 is 0. The topological polar surface area (TPSA) is 12.0 Å². The second-order valence-corrected chi connectivity index (χ2v) is 6.36. The van der Waals surface area contributed by atoms with Crippen LogP contribution < -0.4 is 15.8 Å². The lowest BCUT2D eigenvalue weighted by Gasteiger charge is -2.20. The number of hydrogen-bond acceptors (Lipinski definition) is 1. The van der Waals surface area contributed by atoms with Crippen molar-refractivity contribution in [3.05, 3.63) is 76.2 Å². The van der Waals surface area contributed by atoms with Gasteiger partial charge in [0.2, 0.25) is 0 Å². The van der Waals surface area contributed by atoms with Crippen molar-refractivity contribution < 1.29 is 0 Å². The van der Waals surface area contributed by atoms with Crippen molar-refractivity contribution in [1.29, 1.82) is 0 Å². The summed E-state index contributed by atoms with van der Waals surface area (Å²) in [6.45, 7) is 5.40. The molecule has 0 aliphatic heterocycles. The van der Waals surface area contributed by atoms with Gasteiger partial charge in [-0.3, -0.25) is 0 Å². The third-order valence-electron chi connectivity index (χ3n) is 4.51. The van der Waals surface area contributed by atoms with E-state index in [1.54, 1.807) is 0 Å². The fourth-order valence-electron chi connectivity index (χ4n) is 3.26. The molecule has 1 atom stereocenters. The van der Waals surface area contributed by atoms with Crippen molar-refractivity contribution in [3.63, 3.8) is 0 Å². The van der Waals surface area contributed by atoms with E-state index in [-0.39, 0.29) is 0 Å². The molecule has 0 bridgehead atoms. The van der Waals surface area contributed by atoms with Crippen LogP contribution in [-0.4, -0.2) is 12.6 Å². The predicted octanol–water partition coefficient (Wildman–Crippen LogP) is 3.49. The lowest BCUT2D eigenvalue weighted by atomic mass is 9.94. The van der Waals surface area contributed by atoms with E-state index in [2.05, 4.69) is 85.9 Å². The van der Waals surface area contributed by atoms with Gasteiger partial charge in [0.15, 0.2) is 0 Å². The summed E-state index contributed by atoms with van der Waals surface area (Å²) in [5, 5.41) is 6.50. The van der Waals surface area contributed by atoms with Crippen molar-refractivity contribution in [2.75, 3.05) is 6.54 Å². The molecule has 0 spiro atoms. The van der Waals surface area contributed by atoms with Crippen LogP contribution in [0.4, 0.5) is 0 Å². The summed E-state index contributed by atoms with van der Waals surface area (Å²) in [6.07, 6.45) is 6.92. The lowest BCUT2D eigenvalue weighted by Crippen LogP contribution is -2.38. The van der Waals surface area contributed by atoms with Gasteiger partial charge >= 0.3 is 0 Å². The molecule has 0 heterocycles. The molecule has 1 N–H and O–H groups in total. The van der Waals surface area contributed by atoms with Gasteiger partial charge in [-0.05, 0) is 48.3 Å². The van der Waals surface area contributed by atoms with Crippen LogP contribution in [0.2, 0.25) is 0 Å². The van der Waals surface area contributed by atoms with Gasteiger partial charge in [0.05, 0.1) is 0 Å². The second kappa shape index (κ2) is 7.43. The molecule has 0 saturated carbocycles. The Hall–Kier alpha value is -2.12. The van der Waals surface area contributed by atoms with Crippen LogP contribution in [0.5, 0.6) is 0 Å². The Morgan fingerprint density at radius 1 is 1.09 bits per heavy atom. The zero-order valence-electron chi connectivity index (χ0n) is 14.0. The van der Waals surface area contributed by atoms with E-state index in [4.69, 9.17) is 0 Å². The average Bonchev–Trinajstić information content (AvgIpc) is 2.60. The van der Waals surface area contributed by atoms with Gasteiger partial charge in [0, 0.05) is 12.6 Å². The SMILES string of the molecule is C/C(=C\c1ccccc1)CN[C@H](C)C1=c2ccccc2=CCC1. The Bertz CT molecular complexity index is 799. The van der Waals surface area contributed by atoms with E-state index in [0.29, 0.717) is 6.04 Å². The van der Waals surface area contributed by atoms with Crippen molar-refractivity contribution >= 4 is 17.7 Å². The Kier molecular flexibility index (Phi) is 5.09. The van der Waals surface area contributed by atoms with Crippen LogP contribution in [0.1, 0.15) is 32.3 Å². The normalized spacial score (nSPS) is 15.7. The molecule has 2 aromatic rings. The Morgan fingerprint density at radius 2 is 1.83 bits per heavy atom. The van der Waals surface area contributed by atoms with Crippen molar-refractivity contribution in [2.45, 2.75) is 32.7 Å². The smallest absolute Gasteiger partial charge is 0.0263 e. The molecule has 0 amide bonds. The van der Waals surface area contributed by atoms with E-state index in [9.17, 15) is 0 Å². The zero-order valence-corrected chi connectivity index (χ0v) is 14.0. The first-order valence-corrected chi connectivity index (χ1v) is 8.48. The maximum absolute atomic E-state index is 3.69. The van der Waals surface area contributed by atoms with Crippen LogP contribution in [0.3, 0.4) is 0 Å². The van der Waals surface area contributed by atoms with Gasteiger partial charge in [0.1, 0.15) is 0 Å². The molecule has 0 radical (unpaired) electrons. The van der Waals surface area contributed by atoms with Crippen LogP contribution in [-0.2, 0) is 0 Å². The second-order valence-electron chi connectivity index (χ2n) is 6.36. The minimum Gasteiger partial charge on any atom is -0.307 e. The van der Waals surface area contributed by atoms with Gasteiger partial charge in [-0.1, -0.05) is 72.3 Å². The van der Waals surface area contributed by atoms with Gasteiger partial charge in [0.25, 0.3) is 0 Å². The quantitative estimate of drug-likeness (QED) is 0.891. The molecule has 0 unspecified atom stereocenters. The van der Waals surface area contributed by atoms with Crippen LogP contribution in [0.15, 0.2) is 60.2 Å². The Labute approximate surface area is 139 Å². The average molecular weight is 303 g/mol. The number of fused-ring (bicyclic) bond motifs is 1. The molecule has 118 valence electrons. The molecule has 2 aromatic carbocycles. The monoisotopic (exact) mass is 303 g/mol. The van der Waals surface area contributed by atoms with Gasteiger partial charge in [-0.2, -0.15) is 0 Å². The summed E-state index contributed by atoms with van der Waals surface area (Å²) in [7, 11) is 0. The molecule has 3 rings (SSSR count). The first-order chi connectivity index (χ1) is 11.2. The van der Waals surface area contributed by atoms with Crippen LogP contribution in [0, 0.1) is 0 Å². The number of benzene rings is 2. The maximum atomic E-state index is 3.69. The summed E-state index contributed by atoms with van der Waals surface area (Å²) in [5.41, 5.74) is 4.17. The van der Waals surface area contributed by atoms with E-state index in [1.165, 1.54) is 27.1 Å². The fourth-order valence-corrected chi connectivity index (χ4v) is 3.26. The van der Waals surface area contributed by atoms with E-state index < -0.39 is 0 Å². The predicted molar refractivity (Wildman–Crippen MR) is 100 cm³/mol. The summed E-state index contributed by atoms with van der Waals surface area (Å²) in [5.74, 6) is 0. The van der Waals surface area contributed by atoms with Crippen molar-refractivity contribution in [2.24, 2.45) is 0 Å². The van der Waals surface area contributed by atoms with Crippen molar-refractivity contribution in [3.8, 4) is 0 Å². The molecule has 1 aliphatic carbocycles. The highest BCUT2D eigenvalue weighted by Gasteiger charge is 2.11. The molecule has 0 aromatic heterocycles. The largest absolute Gasteiger partial charge is 0.307 e. The molecule has 0 fully saturated rings. The Morgan fingerprint density at radius 3 is 2.65 bits per heavy atom. The highest BCUT2D eigenvalue weighted by Crippen LogP contribution is 2.13. The van der Waals surface area contributed by atoms with Gasteiger partial charge in [-0.15, -0.1) is 0 Å². The molecular formula is C22H25N. The fraction of sp³-hybridized carbons (Fsp3) is 0.273. The Balaban J connectivity index is 1.72. The van der Waals surface area contributed by atoms with Crippen molar-refractivity contribution in [1.82, 2.24) is 5.32 Å². The third-order valence-corrected chi connectivity index (χ3v) is 4.51. The van der Waals surface area contributed by atoms with E-state index in [1.807, 2.05) is 0 Å². The highest BCUT2D eigenvalue weighted by molar-refractivity contribution is 5.56. The molecular weight excluding hydrogens is 278 g/mol. The highest BCUT2D eigenvalue weighted by atomic mass is 14.9.